The number of aliphatic hydroxyl groups excluding tert-OH is 1. The van der Waals surface area contributed by atoms with Crippen LogP contribution < -0.4 is 0 Å². The number of aliphatic hydroxyl groups is 1. The third kappa shape index (κ3) is 2.66. The minimum absolute atomic E-state index is 0.0384. The Morgan fingerprint density at radius 2 is 1.67 bits per heavy atom. The van der Waals surface area contributed by atoms with E-state index in [9.17, 15) is 5.11 Å². The van der Waals surface area contributed by atoms with Crippen molar-refractivity contribution in [3.05, 3.63) is 0 Å². The van der Waals surface area contributed by atoms with Crippen molar-refractivity contribution in [2.24, 2.45) is 0 Å². The molecule has 1 saturated heterocycles. The van der Waals surface area contributed by atoms with Crippen molar-refractivity contribution in [3.8, 4) is 12.0 Å². The normalized spacial score (nSPS) is 24.5. The molecule has 1 fully saturated rings. The third-order valence-electron chi connectivity index (χ3n) is 3.05. The van der Waals surface area contributed by atoms with Crippen LogP contribution in [0.5, 0.6) is 0 Å². The van der Waals surface area contributed by atoms with Gasteiger partial charge < -0.3 is 10.0 Å². The SMILES string of the molecule is CCC#CN1C(C)(C)CC(O)CC1(C)C. The van der Waals surface area contributed by atoms with Gasteiger partial charge in [0.05, 0.1) is 6.10 Å². The second-order valence-electron chi connectivity index (χ2n) is 5.66. The Morgan fingerprint density at radius 1 is 1.20 bits per heavy atom. The number of nitrogens with zero attached hydrogens (tertiary/aromatic N) is 1. The summed E-state index contributed by atoms with van der Waals surface area (Å²) in [4.78, 5) is 2.22. The van der Waals surface area contributed by atoms with Crippen molar-refractivity contribution in [1.29, 1.82) is 0 Å². The largest absolute Gasteiger partial charge is 0.393 e. The van der Waals surface area contributed by atoms with E-state index < -0.39 is 0 Å². The van der Waals surface area contributed by atoms with Gasteiger partial charge in [-0.3, -0.25) is 0 Å². The lowest BCUT2D eigenvalue weighted by molar-refractivity contribution is -0.0431. The minimum Gasteiger partial charge on any atom is -0.393 e. The van der Waals surface area contributed by atoms with Crippen LogP contribution in [0.2, 0.25) is 0 Å². The zero-order valence-corrected chi connectivity index (χ0v) is 10.6. The van der Waals surface area contributed by atoms with E-state index in [2.05, 4.69) is 51.5 Å². The first-order valence-electron chi connectivity index (χ1n) is 5.76. The van der Waals surface area contributed by atoms with Gasteiger partial charge in [-0.15, -0.1) is 0 Å². The van der Waals surface area contributed by atoms with Crippen LogP contribution in [-0.2, 0) is 0 Å². The second kappa shape index (κ2) is 4.06. The van der Waals surface area contributed by atoms with Gasteiger partial charge in [0, 0.05) is 23.5 Å². The van der Waals surface area contributed by atoms with Gasteiger partial charge >= 0.3 is 0 Å². The van der Waals surface area contributed by atoms with E-state index >= 15 is 0 Å². The summed E-state index contributed by atoms with van der Waals surface area (Å²) >= 11 is 0. The molecule has 1 heterocycles. The van der Waals surface area contributed by atoms with E-state index in [1.165, 1.54) is 0 Å². The molecular formula is C13H23NO. The van der Waals surface area contributed by atoms with Crippen molar-refractivity contribution in [2.75, 3.05) is 0 Å². The lowest BCUT2D eigenvalue weighted by Crippen LogP contribution is -2.59. The number of hydrogen-bond donors (Lipinski definition) is 1. The highest BCUT2D eigenvalue weighted by Crippen LogP contribution is 2.37. The van der Waals surface area contributed by atoms with Crippen molar-refractivity contribution in [2.45, 2.75) is 71.1 Å². The molecule has 0 spiro atoms. The Labute approximate surface area is 93.7 Å². The summed E-state index contributed by atoms with van der Waals surface area (Å²) in [5.74, 6) is 3.14. The summed E-state index contributed by atoms with van der Waals surface area (Å²) in [6.07, 6.45) is 2.28. The van der Waals surface area contributed by atoms with Crippen LogP contribution in [0.1, 0.15) is 53.9 Å². The highest BCUT2D eigenvalue weighted by molar-refractivity contribution is 5.11. The summed E-state index contributed by atoms with van der Waals surface area (Å²) in [5.41, 5.74) is -0.0767. The molecule has 2 nitrogen and oxygen atoms in total. The average Bonchev–Trinajstić information content (AvgIpc) is 1.98. The van der Waals surface area contributed by atoms with Gasteiger partial charge in [0.2, 0.25) is 0 Å². The van der Waals surface area contributed by atoms with E-state index in [-0.39, 0.29) is 17.2 Å². The molecule has 1 aliphatic rings. The molecule has 15 heavy (non-hydrogen) atoms. The van der Waals surface area contributed by atoms with E-state index in [1.807, 2.05) is 0 Å². The zero-order valence-electron chi connectivity index (χ0n) is 10.6. The standard InChI is InChI=1S/C13H23NO/c1-6-7-8-14-12(2,3)9-11(15)10-13(14,4)5/h11,15H,6,9-10H2,1-5H3. The van der Waals surface area contributed by atoms with Crippen LogP contribution in [0.4, 0.5) is 0 Å². The van der Waals surface area contributed by atoms with Gasteiger partial charge in [0.1, 0.15) is 0 Å². The Bertz CT molecular complexity index is 265. The number of likely N-dealkylation sites (tertiary alicyclic amines) is 1. The Morgan fingerprint density at radius 3 is 2.07 bits per heavy atom. The van der Waals surface area contributed by atoms with Crippen LogP contribution >= 0.6 is 0 Å². The Kier molecular flexibility index (Phi) is 3.35. The van der Waals surface area contributed by atoms with Crippen molar-refractivity contribution in [1.82, 2.24) is 4.90 Å². The van der Waals surface area contributed by atoms with E-state index in [1.54, 1.807) is 0 Å². The van der Waals surface area contributed by atoms with Crippen LogP contribution in [-0.4, -0.2) is 27.2 Å². The quantitative estimate of drug-likeness (QED) is 0.619. The van der Waals surface area contributed by atoms with E-state index in [0.29, 0.717) is 0 Å². The fourth-order valence-corrected chi connectivity index (χ4v) is 2.69. The summed E-state index contributed by atoms with van der Waals surface area (Å²) in [7, 11) is 0. The second-order valence-corrected chi connectivity index (χ2v) is 5.66. The topological polar surface area (TPSA) is 23.5 Å². The summed E-state index contributed by atoms with van der Waals surface area (Å²) < 4.78 is 0. The van der Waals surface area contributed by atoms with Gasteiger partial charge in [-0.2, -0.15) is 0 Å². The predicted octanol–water partition coefficient (Wildman–Crippen LogP) is 2.37. The smallest absolute Gasteiger partial charge is 0.0585 e. The van der Waals surface area contributed by atoms with Crippen molar-refractivity contribution >= 4 is 0 Å². The molecule has 0 atom stereocenters. The van der Waals surface area contributed by atoms with Crippen LogP contribution in [0, 0.1) is 12.0 Å². The Balaban J connectivity index is 2.97. The molecule has 0 unspecified atom stereocenters. The molecule has 0 aromatic carbocycles. The molecule has 0 aliphatic carbocycles. The zero-order chi connectivity index (χ0) is 11.7. The molecule has 1 rings (SSSR count). The van der Waals surface area contributed by atoms with Crippen LogP contribution in [0.25, 0.3) is 0 Å². The van der Waals surface area contributed by atoms with Gasteiger partial charge in [0.15, 0.2) is 0 Å². The molecule has 0 amide bonds. The molecule has 86 valence electrons. The van der Waals surface area contributed by atoms with E-state index in [4.69, 9.17) is 0 Å². The molecular weight excluding hydrogens is 186 g/mol. The lowest BCUT2D eigenvalue weighted by Gasteiger charge is -2.52. The maximum Gasteiger partial charge on any atom is 0.0585 e. The molecule has 2 heteroatoms. The summed E-state index contributed by atoms with van der Waals surface area (Å²) in [5, 5.41) is 9.85. The maximum absolute atomic E-state index is 9.85. The monoisotopic (exact) mass is 209 g/mol. The fourth-order valence-electron chi connectivity index (χ4n) is 2.69. The fraction of sp³-hybridized carbons (Fsp3) is 0.846. The molecule has 0 radical (unpaired) electrons. The average molecular weight is 209 g/mol. The van der Waals surface area contributed by atoms with Gasteiger partial charge in [-0.05, 0) is 40.5 Å². The van der Waals surface area contributed by atoms with Crippen LogP contribution in [0.3, 0.4) is 0 Å². The highest BCUT2D eigenvalue weighted by atomic mass is 16.3. The Hall–Kier alpha value is -0.680. The first kappa shape index (κ1) is 12.4. The molecule has 0 aromatic heterocycles. The molecule has 1 aliphatic heterocycles. The number of piperidine rings is 1. The summed E-state index contributed by atoms with van der Waals surface area (Å²) in [6, 6.07) is 3.24. The molecule has 0 aromatic rings. The maximum atomic E-state index is 9.85. The predicted molar refractivity (Wildman–Crippen MR) is 63.3 cm³/mol. The summed E-state index contributed by atoms with van der Waals surface area (Å²) in [6.45, 7) is 10.7. The van der Waals surface area contributed by atoms with Gasteiger partial charge in [-0.1, -0.05) is 12.8 Å². The third-order valence-corrected chi connectivity index (χ3v) is 3.05. The highest BCUT2D eigenvalue weighted by Gasteiger charge is 2.43. The lowest BCUT2D eigenvalue weighted by atomic mass is 9.78. The van der Waals surface area contributed by atoms with Crippen LogP contribution in [0.15, 0.2) is 0 Å². The van der Waals surface area contributed by atoms with Crippen molar-refractivity contribution < 1.29 is 5.11 Å². The van der Waals surface area contributed by atoms with E-state index in [0.717, 1.165) is 19.3 Å². The molecule has 0 saturated carbocycles. The first-order valence-corrected chi connectivity index (χ1v) is 5.76. The number of rotatable bonds is 0. The minimum atomic E-state index is -0.199. The molecule has 0 bridgehead atoms. The first-order chi connectivity index (χ1) is 6.79. The number of hydrogen-bond acceptors (Lipinski definition) is 2. The molecule has 1 N–H and O–H groups in total. The van der Waals surface area contributed by atoms with Crippen molar-refractivity contribution in [3.63, 3.8) is 0 Å². The van der Waals surface area contributed by atoms with Gasteiger partial charge in [0.25, 0.3) is 0 Å². The van der Waals surface area contributed by atoms with Gasteiger partial charge in [-0.25, -0.2) is 0 Å².